The molecular weight excluding hydrogens is 455 g/mol. The lowest BCUT2D eigenvalue weighted by molar-refractivity contribution is 0.0971. The van der Waals surface area contributed by atoms with E-state index in [9.17, 15) is 9.59 Å². The van der Waals surface area contributed by atoms with Gasteiger partial charge in [-0.25, -0.2) is 4.98 Å². The summed E-state index contributed by atoms with van der Waals surface area (Å²) in [5, 5.41) is 1.89. The van der Waals surface area contributed by atoms with Gasteiger partial charge in [-0.1, -0.05) is 35.3 Å². The molecule has 0 bridgehead atoms. The monoisotopic (exact) mass is 470 g/mol. The van der Waals surface area contributed by atoms with E-state index < -0.39 is 11.9 Å². The van der Waals surface area contributed by atoms with Crippen molar-refractivity contribution in [2.45, 2.75) is 26.8 Å². The van der Waals surface area contributed by atoms with Gasteiger partial charge in [-0.15, -0.1) is 11.3 Å². The van der Waals surface area contributed by atoms with Crippen LogP contribution in [0.15, 0.2) is 45.6 Å². The van der Waals surface area contributed by atoms with Crippen LogP contribution in [0.25, 0.3) is 11.0 Å². The first kappa shape index (κ1) is 20.2. The Morgan fingerprint density at radius 3 is 2.42 bits per heavy atom. The molecular formula is C23H16Cl2N2O3S. The van der Waals surface area contributed by atoms with Crippen LogP contribution in [-0.2, 0) is 0 Å². The summed E-state index contributed by atoms with van der Waals surface area (Å²) in [6.07, 6.45) is 0. The number of fused-ring (bicyclic) bond motifs is 2. The second-order valence-electron chi connectivity index (χ2n) is 7.54. The number of anilines is 1. The highest BCUT2D eigenvalue weighted by Gasteiger charge is 2.45. The Morgan fingerprint density at radius 1 is 1.06 bits per heavy atom. The highest BCUT2D eigenvalue weighted by atomic mass is 35.5. The first-order valence-electron chi connectivity index (χ1n) is 9.56. The maximum Gasteiger partial charge on any atom is 0.297 e. The first-order valence-corrected chi connectivity index (χ1v) is 11.1. The lowest BCUT2D eigenvalue weighted by Gasteiger charge is -2.22. The highest BCUT2D eigenvalue weighted by Crippen LogP contribution is 2.43. The molecule has 0 aliphatic carbocycles. The number of halogens is 2. The van der Waals surface area contributed by atoms with Gasteiger partial charge in [-0.05, 0) is 56.2 Å². The van der Waals surface area contributed by atoms with E-state index >= 15 is 0 Å². The van der Waals surface area contributed by atoms with E-state index in [1.54, 1.807) is 24.3 Å². The quantitative estimate of drug-likeness (QED) is 0.348. The molecule has 0 saturated heterocycles. The van der Waals surface area contributed by atoms with Crippen LogP contribution in [0, 0.1) is 20.8 Å². The van der Waals surface area contributed by atoms with Gasteiger partial charge in [0.15, 0.2) is 10.6 Å². The Hall–Kier alpha value is -2.67. The molecule has 4 aromatic rings. The normalized spacial score (nSPS) is 15.7. The van der Waals surface area contributed by atoms with Crippen LogP contribution >= 0.6 is 34.5 Å². The van der Waals surface area contributed by atoms with Gasteiger partial charge in [0.2, 0.25) is 5.76 Å². The SMILES string of the molecule is Cc1cc2oc3c(c(=O)c2cc1Cl)C(c1ccc(Cl)cc1)N(c1nc(C)c(C)s1)C3=O. The van der Waals surface area contributed by atoms with Gasteiger partial charge < -0.3 is 4.42 Å². The van der Waals surface area contributed by atoms with Crippen LogP contribution in [0.5, 0.6) is 0 Å². The number of benzene rings is 2. The minimum absolute atomic E-state index is 0.0321. The van der Waals surface area contributed by atoms with Crippen molar-refractivity contribution < 1.29 is 9.21 Å². The summed E-state index contributed by atoms with van der Waals surface area (Å²) in [5.41, 5.74) is 2.68. The second kappa shape index (κ2) is 7.19. The fourth-order valence-electron chi connectivity index (χ4n) is 3.81. The molecule has 5 nitrogen and oxygen atoms in total. The van der Waals surface area contributed by atoms with Crippen molar-refractivity contribution in [2.24, 2.45) is 0 Å². The van der Waals surface area contributed by atoms with Gasteiger partial charge in [0.05, 0.1) is 22.7 Å². The smallest absolute Gasteiger partial charge is 0.297 e. The van der Waals surface area contributed by atoms with E-state index in [0.29, 0.717) is 26.1 Å². The van der Waals surface area contributed by atoms with Crippen LogP contribution in [-0.4, -0.2) is 10.9 Å². The number of hydrogen-bond acceptors (Lipinski definition) is 5. The van der Waals surface area contributed by atoms with Gasteiger partial charge in [0.1, 0.15) is 5.58 Å². The van der Waals surface area contributed by atoms with Crippen molar-refractivity contribution in [3.05, 3.63) is 89.7 Å². The maximum absolute atomic E-state index is 13.6. The molecule has 0 fully saturated rings. The zero-order valence-electron chi connectivity index (χ0n) is 16.8. The Balaban J connectivity index is 1.83. The summed E-state index contributed by atoms with van der Waals surface area (Å²) in [6.45, 7) is 5.66. The Morgan fingerprint density at radius 2 is 1.77 bits per heavy atom. The number of nitrogens with zero attached hydrogens (tertiary/aromatic N) is 2. The van der Waals surface area contributed by atoms with E-state index in [-0.39, 0.29) is 16.8 Å². The Bertz CT molecular complexity index is 1420. The molecule has 0 radical (unpaired) electrons. The molecule has 31 heavy (non-hydrogen) atoms. The minimum atomic E-state index is -0.676. The molecule has 0 saturated carbocycles. The summed E-state index contributed by atoms with van der Waals surface area (Å²) in [4.78, 5) is 34.2. The third-order valence-electron chi connectivity index (χ3n) is 5.56. The van der Waals surface area contributed by atoms with E-state index in [1.165, 1.54) is 16.2 Å². The molecule has 2 aromatic carbocycles. The minimum Gasteiger partial charge on any atom is -0.450 e. The maximum atomic E-state index is 13.6. The molecule has 3 heterocycles. The largest absolute Gasteiger partial charge is 0.450 e. The lowest BCUT2D eigenvalue weighted by atomic mass is 9.98. The van der Waals surface area contributed by atoms with Crippen LogP contribution in [0.2, 0.25) is 10.0 Å². The van der Waals surface area contributed by atoms with Crippen LogP contribution in [0.3, 0.4) is 0 Å². The molecule has 156 valence electrons. The number of carbonyl (C=O) groups is 1. The standard InChI is InChI=1S/C23H16Cl2N2O3S/c1-10-8-17-15(9-16(10)25)20(28)18-19(13-4-6-14(24)7-5-13)27(22(29)21(18)30-17)23-26-11(2)12(3)31-23/h4-9,19H,1-3H3. The molecule has 1 amide bonds. The van der Waals surface area contributed by atoms with Gasteiger partial charge in [0, 0.05) is 14.9 Å². The van der Waals surface area contributed by atoms with Crippen LogP contribution < -0.4 is 10.3 Å². The number of amides is 1. The number of hydrogen-bond donors (Lipinski definition) is 0. The van der Waals surface area contributed by atoms with Gasteiger partial charge in [0.25, 0.3) is 5.91 Å². The van der Waals surface area contributed by atoms with Crippen molar-refractivity contribution in [2.75, 3.05) is 4.90 Å². The van der Waals surface area contributed by atoms with E-state index in [0.717, 1.165) is 21.7 Å². The highest BCUT2D eigenvalue weighted by molar-refractivity contribution is 7.15. The summed E-state index contributed by atoms with van der Waals surface area (Å²) < 4.78 is 6.00. The molecule has 2 aromatic heterocycles. The zero-order chi connectivity index (χ0) is 22.0. The van der Waals surface area contributed by atoms with Gasteiger partial charge in [-0.3, -0.25) is 14.5 Å². The predicted octanol–water partition coefficient (Wildman–Crippen LogP) is 6.23. The van der Waals surface area contributed by atoms with E-state index in [4.69, 9.17) is 27.6 Å². The predicted molar refractivity (Wildman–Crippen MR) is 124 cm³/mol. The Kier molecular flexibility index (Phi) is 4.70. The molecule has 1 unspecified atom stereocenters. The van der Waals surface area contributed by atoms with Crippen molar-refractivity contribution in [1.29, 1.82) is 0 Å². The molecule has 5 rings (SSSR count). The van der Waals surface area contributed by atoms with Crippen molar-refractivity contribution in [1.82, 2.24) is 4.98 Å². The topological polar surface area (TPSA) is 63.4 Å². The summed E-state index contributed by atoms with van der Waals surface area (Å²) in [5.74, 6) is -0.361. The van der Waals surface area contributed by atoms with Gasteiger partial charge in [-0.2, -0.15) is 0 Å². The molecule has 1 aliphatic heterocycles. The van der Waals surface area contributed by atoms with E-state index in [1.807, 2.05) is 32.9 Å². The van der Waals surface area contributed by atoms with Crippen molar-refractivity contribution in [3.8, 4) is 0 Å². The second-order valence-corrected chi connectivity index (χ2v) is 9.56. The third kappa shape index (κ3) is 3.09. The third-order valence-corrected chi connectivity index (χ3v) is 7.29. The number of carbonyl (C=O) groups excluding carboxylic acids is 1. The number of thiazole rings is 1. The molecule has 1 atom stereocenters. The number of aromatic nitrogens is 1. The van der Waals surface area contributed by atoms with Crippen LogP contribution in [0.4, 0.5) is 5.13 Å². The van der Waals surface area contributed by atoms with Crippen molar-refractivity contribution >= 4 is 56.5 Å². The molecule has 0 N–H and O–H groups in total. The summed E-state index contributed by atoms with van der Waals surface area (Å²) in [6, 6.07) is 9.69. The van der Waals surface area contributed by atoms with Crippen LogP contribution in [0.1, 0.15) is 43.9 Å². The number of aryl methyl sites for hydroxylation is 3. The summed E-state index contributed by atoms with van der Waals surface area (Å²) in [7, 11) is 0. The fraction of sp³-hybridized carbons (Fsp3) is 0.174. The number of rotatable bonds is 2. The first-order chi connectivity index (χ1) is 14.8. The zero-order valence-corrected chi connectivity index (χ0v) is 19.2. The molecule has 0 spiro atoms. The molecule has 1 aliphatic rings. The lowest BCUT2D eigenvalue weighted by Crippen LogP contribution is -2.29. The molecule has 8 heteroatoms. The average Bonchev–Trinajstić information content (AvgIpc) is 3.21. The van der Waals surface area contributed by atoms with Crippen molar-refractivity contribution in [3.63, 3.8) is 0 Å². The Labute approximate surface area is 191 Å². The van der Waals surface area contributed by atoms with Gasteiger partial charge >= 0.3 is 0 Å². The fourth-order valence-corrected chi connectivity index (χ4v) is 5.04. The van der Waals surface area contributed by atoms with E-state index in [2.05, 4.69) is 4.98 Å². The summed E-state index contributed by atoms with van der Waals surface area (Å²) >= 11 is 13.8. The average molecular weight is 471 g/mol.